The number of halogens is 1. The average molecular weight is 509 g/mol. The molecular formula is C26H21BrO6. The standard InChI is InChI=1S/C26H21BrO6/c1-14-11-15(2)23-18(12-14)22(28)25(33-26(29)17-7-5-6-8-19(17)27)24(32-23)16-9-10-20(30-3)21(13-16)31-4/h5-13H,1-4H3. The molecule has 0 saturated heterocycles. The van der Waals surface area contributed by atoms with Gasteiger partial charge in [0.05, 0.1) is 25.2 Å². The number of carbonyl (C=O) groups excluding carboxylic acids is 1. The van der Waals surface area contributed by atoms with Crippen LogP contribution in [0.3, 0.4) is 0 Å². The van der Waals surface area contributed by atoms with Crippen LogP contribution >= 0.6 is 15.9 Å². The number of ether oxygens (including phenoxy) is 3. The molecule has 0 aliphatic rings. The molecular weight excluding hydrogens is 488 g/mol. The van der Waals surface area contributed by atoms with Crippen LogP contribution in [0.5, 0.6) is 17.2 Å². The van der Waals surface area contributed by atoms with Gasteiger partial charge in [-0.15, -0.1) is 0 Å². The number of methoxy groups -OCH3 is 2. The minimum atomic E-state index is -0.680. The molecule has 0 unspecified atom stereocenters. The van der Waals surface area contributed by atoms with Crippen molar-refractivity contribution in [3.05, 3.63) is 86.0 Å². The third-order valence-corrected chi connectivity index (χ3v) is 5.91. The number of rotatable bonds is 5. The fourth-order valence-electron chi connectivity index (χ4n) is 3.67. The SMILES string of the molecule is COc1ccc(-c2oc3c(C)cc(C)cc3c(=O)c2OC(=O)c2ccccc2Br)cc1OC. The lowest BCUT2D eigenvalue weighted by Gasteiger charge is -2.14. The minimum absolute atomic E-state index is 0.126. The zero-order chi connectivity index (χ0) is 23.7. The van der Waals surface area contributed by atoms with Gasteiger partial charge >= 0.3 is 5.97 Å². The number of fused-ring (bicyclic) bond motifs is 1. The van der Waals surface area contributed by atoms with Gasteiger partial charge in [-0.3, -0.25) is 4.79 Å². The molecule has 33 heavy (non-hydrogen) atoms. The third-order valence-electron chi connectivity index (χ3n) is 5.21. The van der Waals surface area contributed by atoms with E-state index in [0.29, 0.717) is 32.5 Å². The van der Waals surface area contributed by atoms with Gasteiger partial charge in [-0.1, -0.05) is 18.2 Å². The minimum Gasteiger partial charge on any atom is -0.493 e. The summed E-state index contributed by atoms with van der Waals surface area (Å²) >= 11 is 3.35. The van der Waals surface area contributed by atoms with Crippen LogP contribution in [-0.4, -0.2) is 20.2 Å². The molecule has 4 rings (SSSR count). The molecule has 0 radical (unpaired) electrons. The van der Waals surface area contributed by atoms with Crippen molar-refractivity contribution < 1.29 is 23.4 Å². The van der Waals surface area contributed by atoms with Crippen molar-refractivity contribution in [3.8, 4) is 28.6 Å². The van der Waals surface area contributed by atoms with E-state index in [1.165, 1.54) is 14.2 Å². The Labute approximate surface area is 198 Å². The lowest BCUT2D eigenvalue weighted by atomic mass is 10.0. The summed E-state index contributed by atoms with van der Waals surface area (Å²) in [6.45, 7) is 3.75. The van der Waals surface area contributed by atoms with Crippen molar-refractivity contribution in [2.75, 3.05) is 14.2 Å². The first-order valence-corrected chi connectivity index (χ1v) is 10.9. The molecule has 1 heterocycles. The molecule has 0 spiro atoms. The van der Waals surface area contributed by atoms with E-state index in [1.807, 2.05) is 19.9 Å². The Morgan fingerprint density at radius 3 is 2.36 bits per heavy atom. The average Bonchev–Trinajstić information content (AvgIpc) is 2.80. The summed E-state index contributed by atoms with van der Waals surface area (Å²) in [5, 5.41) is 0.339. The summed E-state index contributed by atoms with van der Waals surface area (Å²) in [5.41, 5.74) is 2.48. The predicted molar refractivity (Wildman–Crippen MR) is 130 cm³/mol. The summed E-state index contributed by atoms with van der Waals surface area (Å²) < 4.78 is 23.1. The van der Waals surface area contributed by atoms with Crippen LogP contribution in [0.4, 0.5) is 0 Å². The molecule has 0 bridgehead atoms. The number of benzene rings is 3. The first kappa shape index (κ1) is 22.6. The molecule has 1 aromatic heterocycles. The monoisotopic (exact) mass is 508 g/mol. The molecule has 0 N–H and O–H groups in total. The molecule has 7 heteroatoms. The van der Waals surface area contributed by atoms with Gasteiger partial charge in [-0.2, -0.15) is 0 Å². The van der Waals surface area contributed by atoms with Crippen LogP contribution in [0.15, 0.2) is 68.3 Å². The summed E-state index contributed by atoms with van der Waals surface area (Å²) in [4.78, 5) is 26.5. The van der Waals surface area contributed by atoms with E-state index in [4.69, 9.17) is 18.6 Å². The van der Waals surface area contributed by atoms with Gasteiger partial charge in [0.15, 0.2) is 17.3 Å². The summed E-state index contributed by atoms with van der Waals surface area (Å²) in [6, 6.07) is 15.6. The predicted octanol–water partition coefficient (Wildman–Crippen LogP) is 6.08. The fourth-order valence-corrected chi connectivity index (χ4v) is 4.11. The highest BCUT2D eigenvalue weighted by atomic mass is 79.9. The maximum absolute atomic E-state index is 13.6. The molecule has 168 valence electrons. The van der Waals surface area contributed by atoms with Crippen LogP contribution in [0.1, 0.15) is 21.5 Å². The normalized spacial score (nSPS) is 10.8. The zero-order valence-electron chi connectivity index (χ0n) is 18.5. The van der Waals surface area contributed by atoms with Crippen molar-refractivity contribution in [2.24, 2.45) is 0 Å². The van der Waals surface area contributed by atoms with Gasteiger partial charge in [0.25, 0.3) is 0 Å². The number of esters is 1. The highest BCUT2D eigenvalue weighted by Crippen LogP contribution is 2.37. The molecule has 0 aliphatic heterocycles. The van der Waals surface area contributed by atoms with Crippen LogP contribution in [0, 0.1) is 13.8 Å². The number of hydrogen-bond acceptors (Lipinski definition) is 6. The van der Waals surface area contributed by atoms with Crippen molar-refractivity contribution in [1.82, 2.24) is 0 Å². The van der Waals surface area contributed by atoms with Gasteiger partial charge in [0, 0.05) is 10.0 Å². The van der Waals surface area contributed by atoms with E-state index in [-0.39, 0.29) is 17.1 Å². The molecule has 0 amide bonds. The smallest absolute Gasteiger partial charge is 0.344 e. The van der Waals surface area contributed by atoms with Gasteiger partial charge in [0.1, 0.15) is 5.58 Å². The first-order chi connectivity index (χ1) is 15.8. The van der Waals surface area contributed by atoms with E-state index in [9.17, 15) is 9.59 Å². The molecule has 6 nitrogen and oxygen atoms in total. The quantitative estimate of drug-likeness (QED) is 0.304. The zero-order valence-corrected chi connectivity index (χ0v) is 20.1. The Morgan fingerprint density at radius 2 is 1.67 bits per heavy atom. The maximum atomic E-state index is 13.6. The van der Waals surface area contributed by atoms with Crippen LogP contribution in [0.2, 0.25) is 0 Å². The van der Waals surface area contributed by atoms with Crippen molar-refractivity contribution in [1.29, 1.82) is 0 Å². The topological polar surface area (TPSA) is 75.0 Å². The number of aryl methyl sites for hydroxylation is 2. The van der Waals surface area contributed by atoms with Crippen LogP contribution in [-0.2, 0) is 0 Å². The van der Waals surface area contributed by atoms with E-state index in [0.717, 1.165) is 11.1 Å². The molecule has 0 atom stereocenters. The summed E-state index contributed by atoms with van der Waals surface area (Å²) in [7, 11) is 3.04. The summed E-state index contributed by atoms with van der Waals surface area (Å²) in [5.74, 6) is 0.214. The van der Waals surface area contributed by atoms with Gasteiger partial charge in [-0.25, -0.2) is 4.79 Å². The molecule has 4 aromatic rings. The van der Waals surface area contributed by atoms with Crippen LogP contribution < -0.4 is 19.6 Å². The van der Waals surface area contributed by atoms with Crippen LogP contribution in [0.25, 0.3) is 22.3 Å². The lowest BCUT2D eigenvalue weighted by molar-refractivity contribution is 0.0730. The van der Waals surface area contributed by atoms with Crippen molar-refractivity contribution >= 4 is 32.9 Å². The lowest BCUT2D eigenvalue weighted by Crippen LogP contribution is -2.17. The molecule has 0 aliphatic carbocycles. The highest BCUT2D eigenvalue weighted by molar-refractivity contribution is 9.10. The Balaban J connectivity index is 1.97. The third kappa shape index (κ3) is 4.24. The van der Waals surface area contributed by atoms with E-state index >= 15 is 0 Å². The second-order valence-corrected chi connectivity index (χ2v) is 8.34. The molecule has 0 saturated carbocycles. The number of hydrogen-bond donors (Lipinski definition) is 0. The Hall–Kier alpha value is -3.58. The molecule has 3 aromatic carbocycles. The summed E-state index contributed by atoms with van der Waals surface area (Å²) in [6.07, 6.45) is 0. The Morgan fingerprint density at radius 1 is 0.939 bits per heavy atom. The number of carbonyl (C=O) groups is 1. The highest BCUT2D eigenvalue weighted by Gasteiger charge is 2.24. The maximum Gasteiger partial charge on any atom is 0.344 e. The van der Waals surface area contributed by atoms with E-state index in [1.54, 1.807) is 48.5 Å². The Kier molecular flexibility index (Phi) is 6.24. The van der Waals surface area contributed by atoms with E-state index in [2.05, 4.69) is 15.9 Å². The Bertz CT molecular complexity index is 1440. The van der Waals surface area contributed by atoms with E-state index < -0.39 is 11.4 Å². The largest absolute Gasteiger partial charge is 0.493 e. The van der Waals surface area contributed by atoms with Crippen molar-refractivity contribution in [2.45, 2.75) is 13.8 Å². The first-order valence-electron chi connectivity index (χ1n) is 10.1. The second kappa shape index (κ2) is 9.11. The fraction of sp³-hybridized carbons (Fsp3) is 0.154. The molecule has 0 fully saturated rings. The second-order valence-electron chi connectivity index (χ2n) is 7.49. The van der Waals surface area contributed by atoms with Gasteiger partial charge in [0.2, 0.25) is 11.2 Å². The van der Waals surface area contributed by atoms with Gasteiger partial charge < -0.3 is 18.6 Å². The van der Waals surface area contributed by atoms with Crippen molar-refractivity contribution in [3.63, 3.8) is 0 Å². The van der Waals surface area contributed by atoms with Gasteiger partial charge in [-0.05, 0) is 77.3 Å².